The maximum atomic E-state index is 10.9. The molecule has 0 aliphatic carbocycles. The van der Waals surface area contributed by atoms with E-state index in [0.717, 1.165) is 43.6 Å². The Balaban J connectivity index is 2.10. The molecule has 0 radical (unpaired) electrons. The smallest absolute Gasteiger partial charge is 0.150 e. The Morgan fingerprint density at radius 1 is 1.50 bits per heavy atom. The number of benzene rings is 1. The van der Waals surface area contributed by atoms with Gasteiger partial charge in [0.1, 0.15) is 6.29 Å². The van der Waals surface area contributed by atoms with Gasteiger partial charge in [-0.15, -0.1) is 0 Å². The van der Waals surface area contributed by atoms with Crippen LogP contribution in [0.15, 0.2) is 24.3 Å². The van der Waals surface area contributed by atoms with Crippen LogP contribution in [-0.2, 0) is 6.54 Å². The Bertz CT molecular complexity index is 365. The first kappa shape index (κ1) is 11.3. The second-order valence-electron chi connectivity index (χ2n) is 4.34. The lowest BCUT2D eigenvalue weighted by Crippen LogP contribution is -2.49. The van der Waals surface area contributed by atoms with Crippen LogP contribution >= 0.6 is 0 Å². The van der Waals surface area contributed by atoms with Crippen LogP contribution in [0, 0.1) is 0 Å². The molecule has 0 amide bonds. The fraction of sp³-hybridized carbons (Fsp3) is 0.462. The van der Waals surface area contributed by atoms with Crippen LogP contribution in [0.3, 0.4) is 0 Å². The van der Waals surface area contributed by atoms with Crippen molar-refractivity contribution in [3.05, 3.63) is 35.4 Å². The van der Waals surface area contributed by atoms with E-state index in [2.05, 4.69) is 17.1 Å². The van der Waals surface area contributed by atoms with E-state index in [-0.39, 0.29) is 0 Å². The van der Waals surface area contributed by atoms with Gasteiger partial charge in [-0.1, -0.05) is 24.3 Å². The van der Waals surface area contributed by atoms with E-state index in [1.165, 1.54) is 0 Å². The van der Waals surface area contributed by atoms with Gasteiger partial charge in [-0.05, 0) is 12.5 Å². The van der Waals surface area contributed by atoms with Crippen molar-refractivity contribution in [2.75, 3.05) is 19.6 Å². The quantitative estimate of drug-likeness (QED) is 0.776. The predicted octanol–water partition coefficient (Wildman–Crippen LogP) is 1.29. The molecule has 1 aromatic rings. The van der Waals surface area contributed by atoms with Crippen molar-refractivity contribution >= 4 is 6.29 Å². The number of piperazine rings is 1. The zero-order valence-corrected chi connectivity index (χ0v) is 9.65. The van der Waals surface area contributed by atoms with Crippen molar-refractivity contribution in [3.63, 3.8) is 0 Å². The summed E-state index contributed by atoms with van der Waals surface area (Å²) >= 11 is 0. The van der Waals surface area contributed by atoms with Crippen LogP contribution in [0.5, 0.6) is 0 Å². The van der Waals surface area contributed by atoms with E-state index in [1.54, 1.807) is 0 Å². The third kappa shape index (κ3) is 2.49. The Hall–Kier alpha value is -1.19. The molecule has 3 heteroatoms. The molecule has 1 aliphatic heterocycles. The number of rotatable bonds is 3. The number of carbonyl (C=O) groups excluding carboxylic acids is 1. The molecule has 16 heavy (non-hydrogen) atoms. The minimum absolute atomic E-state index is 0.536. The number of nitrogens with zero attached hydrogens (tertiary/aromatic N) is 1. The molecule has 0 spiro atoms. The number of hydrogen-bond acceptors (Lipinski definition) is 3. The van der Waals surface area contributed by atoms with Crippen molar-refractivity contribution in [3.8, 4) is 0 Å². The zero-order chi connectivity index (χ0) is 11.4. The SMILES string of the molecule is CC1CNCCN1Cc1ccccc1C=O. The average molecular weight is 218 g/mol. The van der Waals surface area contributed by atoms with Crippen molar-refractivity contribution in [2.45, 2.75) is 19.5 Å². The molecule has 1 atom stereocenters. The molecule has 0 aromatic heterocycles. The molecule has 0 saturated carbocycles. The normalized spacial score (nSPS) is 21.9. The van der Waals surface area contributed by atoms with Crippen LogP contribution in [-0.4, -0.2) is 36.9 Å². The van der Waals surface area contributed by atoms with Gasteiger partial charge in [-0.2, -0.15) is 0 Å². The fourth-order valence-corrected chi connectivity index (χ4v) is 2.13. The van der Waals surface area contributed by atoms with Crippen LogP contribution in [0.4, 0.5) is 0 Å². The maximum absolute atomic E-state index is 10.9. The standard InChI is InChI=1S/C13H18N2O/c1-11-8-14-6-7-15(11)9-12-4-2-3-5-13(12)10-16/h2-5,10-11,14H,6-9H2,1H3. The summed E-state index contributed by atoms with van der Waals surface area (Å²) in [5.41, 5.74) is 1.94. The summed E-state index contributed by atoms with van der Waals surface area (Å²) in [6.45, 7) is 6.21. The largest absolute Gasteiger partial charge is 0.314 e. The Kier molecular flexibility index (Phi) is 3.70. The molecular formula is C13H18N2O. The molecule has 1 saturated heterocycles. The summed E-state index contributed by atoms with van der Waals surface area (Å²) in [5.74, 6) is 0. The fourth-order valence-electron chi connectivity index (χ4n) is 2.13. The second kappa shape index (κ2) is 5.23. The first-order chi connectivity index (χ1) is 7.81. The third-order valence-electron chi connectivity index (χ3n) is 3.19. The lowest BCUT2D eigenvalue weighted by molar-refractivity contribution is 0.111. The lowest BCUT2D eigenvalue weighted by Gasteiger charge is -2.34. The molecular weight excluding hydrogens is 200 g/mol. The number of nitrogens with one attached hydrogen (secondary N) is 1. The molecule has 1 unspecified atom stereocenters. The van der Waals surface area contributed by atoms with Gasteiger partial charge in [0.15, 0.2) is 0 Å². The Labute approximate surface area is 96.5 Å². The summed E-state index contributed by atoms with van der Waals surface area (Å²) in [6, 6.07) is 8.37. The van der Waals surface area contributed by atoms with Crippen molar-refractivity contribution < 1.29 is 4.79 Å². The van der Waals surface area contributed by atoms with Crippen molar-refractivity contribution in [1.29, 1.82) is 0 Å². The highest BCUT2D eigenvalue weighted by atomic mass is 16.1. The molecule has 86 valence electrons. The van der Waals surface area contributed by atoms with E-state index in [0.29, 0.717) is 6.04 Å². The topological polar surface area (TPSA) is 32.3 Å². The van der Waals surface area contributed by atoms with Crippen LogP contribution in [0.2, 0.25) is 0 Å². The number of aldehydes is 1. The molecule has 3 nitrogen and oxygen atoms in total. The van der Waals surface area contributed by atoms with Crippen LogP contribution in [0.1, 0.15) is 22.8 Å². The van der Waals surface area contributed by atoms with Gasteiger partial charge in [0.2, 0.25) is 0 Å². The highest BCUT2D eigenvalue weighted by molar-refractivity contribution is 5.77. The van der Waals surface area contributed by atoms with E-state index < -0.39 is 0 Å². The van der Waals surface area contributed by atoms with E-state index >= 15 is 0 Å². The molecule has 1 fully saturated rings. The van der Waals surface area contributed by atoms with Gasteiger partial charge >= 0.3 is 0 Å². The van der Waals surface area contributed by atoms with Crippen molar-refractivity contribution in [1.82, 2.24) is 10.2 Å². The maximum Gasteiger partial charge on any atom is 0.150 e. The van der Waals surface area contributed by atoms with E-state index in [4.69, 9.17) is 0 Å². The van der Waals surface area contributed by atoms with Gasteiger partial charge in [0.05, 0.1) is 0 Å². The van der Waals surface area contributed by atoms with Crippen LogP contribution in [0.25, 0.3) is 0 Å². The molecule has 1 aromatic carbocycles. The van der Waals surface area contributed by atoms with Crippen LogP contribution < -0.4 is 5.32 Å². The summed E-state index contributed by atoms with van der Waals surface area (Å²) < 4.78 is 0. The molecule has 1 N–H and O–H groups in total. The Morgan fingerprint density at radius 2 is 2.31 bits per heavy atom. The summed E-state index contributed by atoms with van der Waals surface area (Å²) in [4.78, 5) is 13.3. The molecule has 1 aliphatic rings. The van der Waals surface area contributed by atoms with Gasteiger partial charge in [-0.25, -0.2) is 0 Å². The van der Waals surface area contributed by atoms with E-state index in [9.17, 15) is 4.79 Å². The Morgan fingerprint density at radius 3 is 3.06 bits per heavy atom. The van der Waals surface area contributed by atoms with Gasteiger partial charge in [-0.3, -0.25) is 9.69 Å². The minimum Gasteiger partial charge on any atom is -0.314 e. The zero-order valence-electron chi connectivity index (χ0n) is 9.65. The van der Waals surface area contributed by atoms with Gasteiger partial charge in [0, 0.05) is 37.8 Å². The molecule has 2 rings (SSSR count). The van der Waals surface area contributed by atoms with Gasteiger partial charge < -0.3 is 5.32 Å². The van der Waals surface area contributed by atoms with Gasteiger partial charge in [0.25, 0.3) is 0 Å². The number of hydrogen-bond donors (Lipinski definition) is 1. The summed E-state index contributed by atoms with van der Waals surface area (Å²) in [7, 11) is 0. The highest BCUT2D eigenvalue weighted by Gasteiger charge is 2.18. The number of carbonyl (C=O) groups is 1. The molecule has 1 heterocycles. The van der Waals surface area contributed by atoms with Crippen molar-refractivity contribution in [2.24, 2.45) is 0 Å². The average Bonchev–Trinajstić information content (AvgIpc) is 2.33. The summed E-state index contributed by atoms with van der Waals surface area (Å²) in [6.07, 6.45) is 0.947. The molecule has 0 bridgehead atoms. The third-order valence-corrected chi connectivity index (χ3v) is 3.19. The monoisotopic (exact) mass is 218 g/mol. The lowest BCUT2D eigenvalue weighted by atomic mass is 10.1. The second-order valence-corrected chi connectivity index (χ2v) is 4.34. The summed E-state index contributed by atoms with van der Waals surface area (Å²) in [5, 5.41) is 3.37. The first-order valence-corrected chi connectivity index (χ1v) is 5.79. The minimum atomic E-state index is 0.536. The highest BCUT2D eigenvalue weighted by Crippen LogP contribution is 2.13. The van der Waals surface area contributed by atoms with E-state index in [1.807, 2.05) is 24.3 Å². The first-order valence-electron chi connectivity index (χ1n) is 5.79. The predicted molar refractivity (Wildman–Crippen MR) is 64.6 cm³/mol.